The van der Waals surface area contributed by atoms with Crippen molar-refractivity contribution >= 4 is 15.8 Å². The second-order valence-corrected chi connectivity index (χ2v) is 5.46. The maximum Gasteiger partial charge on any atom is 0.387 e. The number of rotatable bonds is 5. The first kappa shape index (κ1) is 14.3. The Labute approximate surface area is 114 Å². The van der Waals surface area contributed by atoms with Crippen LogP contribution in [0.2, 0.25) is 0 Å². The molecule has 0 aliphatic heterocycles. The summed E-state index contributed by atoms with van der Waals surface area (Å²) in [5.41, 5.74) is 0. The maximum absolute atomic E-state index is 12.3. The third kappa shape index (κ3) is 3.23. The van der Waals surface area contributed by atoms with Crippen LogP contribution in [0.3, 0.4) is 0 Å². The molecule has 108 valence electrons. The predicted octanol–water partition coefficient (Wildman–Crippen LogP) is 1.82. The lowest BCUT2D eigenvalue weighted by atomic mass is 10.3. The fraction of sp³-hybridized carbons (Fsp3) is 0.182. The molecule has 0 saturated carbocycles. The largest absolute Gasteiger partial charge is 0.433 e. The number of ether oxygens (including phenoxy) is 1. The molecule has 0 atom stereocenters. The number of aromatic nitrogens is 2. The summed E-state index contributed by atoms with van der Waals surface area (Å²) in [6, 6.07) is 6.57. The lowest BCUT2D eigenvalue weighted by molar-refractivity contribution is -0.0517. The van der Waals surface area contributed by atoms with Crippen LogP contribution in [0.4, 0.5) is 14.6 Å². The summed E-state index contributed by atoms with van der Waals surface area (Å²) in [5, 5.41) is 3.85. The van der Waals surface area contributed by atoms with Crippen molar-refractivity contribution in [1.82, 2.24) is 9.78 Å². The number of hydrogen-bond donors (Lipinski definition) is 1. The van der Waals surface area contributed by atoms with E-state index in [2.05, 4.69) is 14.6 Å². The van der Waals surface area contributed by atoms with Gasteiger partial charge in [0.25, 0.3) is 10.0 Å². The summed E-state index contributed by atoms with van der Waals surface area (Å²) in [6.45, 7) is -3.11. The average Bonchev–Trinajstić information content (AvgIpc) is 2.73. The van der Waals surface area contributed by atoms with Gasteiger partial charge in [0.2, 0.25) is 0 Å². The standard InChI is InChI=1S/C11H11F2N3O3S/c1-16-7-6-10(14-16)15-20(17,18)9-5-3-2-4-8(9)19-11(12)13/h2-7,11H,1H3,(H,14,15). The summed E-state index contributed by atoms with van der Waals surface area (Å²) < 4.78 is 56.6. The molecule has 0 saturated heterocycles. The van der Waals surface area contributed by atoms with E-state index in [0.29, 0.717) is 0 Å². The first-order chi connectivity index (χ1) is 9.38. The number of para-hydroxylation sites is 1. The molecule has 0 bridgehead atoms. The molecule has 20 heavy (non-hydrogen) atoms. The fourth-order valence-corrected chi connectivity index (χ4v) is 2.66. The van der Waals surface area contributed by atoms with Gasteiger partial charge in [0.15, 0.2) is 5.82 Å². The molecule has 0 amide bonds. The molecule has 0 radical (unpaired) electrons. The molecule has 9 heteroatoms. The van der Waals surface area contributed by atoms with Crippen LogP contribution in [0.5, 0.6) is 5.75 Å². The second kappa shape index (κ2) is 5.45. The summed E-state index contributed by atoms with van der Waals surface area (Å²) >= 11 is 0. The van der Waals surface area contributed by atoms with Crippen LogP contribution in [0.15, 0.2) is 41.4 Å². The van der Waals surface area contributed by atoms with E-state index in [9.17, 15) is 17.2 Å². The van der Waals surface area contributed by atoms with E-state index in [1.54, 1.807) is 13.2 Å². The van der Waals surface area contributed by atoms with Crippen LogP contribution in [0.1, 0.15) is 0 Å². The zero-order valence-electron chi connectivity index (χ0n) is 10.3. The first-order valence-corrected chi connectivity index (χ1v) is 6.93. The van der Waals surface area contributed by atoms with E-state index in [-0.39, 0.29) is 10.7 Å². The van der Waals surface area contributed by atoms with Crippen molar-refractivity contribution in [3.63, 3.8) is 0 Å². The van der Waals surface area contributed by atoms with E-state index in [0.717, 1.165) is 6.07 Å². The van der Waals surface area contributed by atoms with Crippen molar-refractivity contribution in [3.8, 4) is 5.75 Å². The van der Waals surface area contributed by atoms with Gasteiger partial charge < -0.3 is 4.74 Å². The highest BCUT2D eigenvalue weighted by Crippen LogP contribution is 2.26. The Morgan fingerprint density at radius 3 is 2.60 bits per heavy atom. The zero-order valence-corrected chi connectivity index (χ0v) is 11.1. The number of anilines is 1. The van der Waals surface area contributed by atoms with Crippen LogP contribution in [0.25, 0.3) is 0 Å². The number of aryl methyl sites for hydroxylation is 1. The van der Waals surface area contributed by atoms with Crippen molar-refractivity contribution in [3.05, 3.63) is 36.5 Å². The number of halogens is 2. The van der Waals surface area contributed by atoms with Crippen LogP contribution >= 0.6 is 0 Å². The molecule has 1 N–H and O–H groups in total. The van der Waals surface area contributed by atoms with Gasteiger partial charge >= 0.3 is 6.61 Å². The Morgan fingerprint density at radius 2 is 2.00 bits per heavy atom. The lowest BCUT2D eigenvalue weighted by Crippen LogP contribution is -2.16. The van der Waals surface area contributed by atoms with Crippen LogP contribution in [-0.4, -0.2) is 24.8 Å². The van der Waals surface area contributed by atoms with Gasteiger partial charge in [0.05, 0.1) is 0 Å². The monoisotopic (exact) mass is 303 g/mol. The predicted molar refractivity (Wildman–Crippen MR) is 67.1 cm³/mol. The molecule has 0 fully saturated rings. The molecular weight excluding hydrogens is 292 g/mol. The van der Waals surface area contributed by atoms with E-state index in [4.69, 9.17) is 0 Å². The van der Waals surface area contributed by atoms with Gasteiger partial charge in [0.1, 0.15) is 10.6 Å². The van der Waals surface area contributed by atoms with Gasteiger partial charge in [-0.1, -0.05) is 12.1 Å². The Balaban J connectivity index is 2.34. The van der Waals surface area contributed by atoms with Crippen molar-refractivity contribution in [2.24, 2.45) is 7.05 Å². The minimum atomic E-state index is -4.06. The van der Waals surface area contributed by atoms with Crippen LogP contribution < -0.4 is 9.46 Å². The number of benzene rings is 1. The summed E-state index contributed by atoms with van der Waals surface area (Å²) in [7, 11) is -2.44. The smallest absolute Gasteiger partial charge is 0.387 e. The Kier molecular flexibility index (Phi) is 3.89. The van der Waals surface area contributed by atoms with Gasteiger partial charge in [-0.15, -0.1) is 0 Å². The molecular formula is C11H11F2N3O3S. The quantitative estimate of drug-likeness (QED) is 0.914. The molecule has 0 aliphatic rings. The van der Waals surface area contributed by atoms with E-state index < -0.39 is 22.4 Å². The van der Waals surface area contributed by atoms with Crippen LogP contribution in [-0.2, 0) is 17.1 Å². The maximum atomic E-state index is 12.3. The molecule has 2 aromatic rings. The van der Waals surface area contributed by atoms with E-state index in [1.165, 1.54) is 28.9 Å². The molecule has 6 nitrogen and oxygen atoms in total. The third-order valence-electron chi connectivity index (χ3n) is 2.31. The SMILES string of the molecule is Cn1ccc(NS(=O)(=O)c2ccccc2OC(F)F)n1. The molecule has 0 aliphatic carbocycles. The topological polar surface area (TPSA) is 73.2 Å². The van der Waals surface area contributed by atoms with Crippen molar-refractivity contribution in [2.75, 3.05) is 4.72 Å². The van der Waals surface area contributed by atoms with Crippen LogP contribution in [0, 0.1) is 0 Å². The fourth-order valence-electron chi connectivity index (χ4n) is 1.53. The van der Waals surface area contributed by atoms with E-state index >= 15 is 0 Å². The van der Waals surface area contributed by atoms with Gasteiger partial charge in [0, 0.05) is 19.3 Å². The number of nitrogens with zero attached hydrogens (tertiary/aromatic N) is 2. The van der Waals surface area contributed by atoms with Crippen molar-refractivity contribution in [2.45, 2.75) is 11.5 Å². The second-order valence-electron chi connectivity index (χ2n) is 3.81. The summed E-state index contributed by atoms with van der Waals surface area (Å²) in [6.07, 6.45) is 1.54. The number of sulfonamides is 1. The molecule has 1 heterocycles. The molecule has 1 aromatic heterocycles. The summed E-state index contributed by atoms with van der Waals surface area (Å²) in [4.78, 5) is -0.383. The van der Waals surface area contributed by atoms with Crippen molar-refractivity contribution < 1.29 is 21.9 Å². The van der Waals surface area contributed by atoms with Gasteiger partial charge in [-0.3, -0.25) is 9.40 Å². The molecule has 0 unspecified atom stereocenters. The number of alkyl halides is 2. The third-order valence-corrected chi connectivity index (χ3v) is 3.70. The minimum absolute atomic E-state index is 0.0827. The molecule has 2 rings (SSSR count). The Hall–Kier alpha value is -2.16. The molecule has 1 aromatic carbocycles. The Morgan fingerprint density at radius 1 is 1.30 bits per heavy atom. The number of nitrogens with one attached hydrogen (secondary N) is 1. The lowest BCUT2D eigenvalue weighted by Gasteiger charge is -2.11. The van der Waals surface area contributed by atoms with Gasteiger partial charge in [-0.05, 0) is 12.1 Å². The highest BCUT2D eigenvalue weighted by molar-refractivity contribution is 7.92. The number of hydrogen-bond acceptors (Lipinski definition) is 4. The van der Waals surface area contributed by atoms with E-state index in [1.807, 2.05) is 0 Å². The summed E-state index contributed by atoms with van der Waals surface area (Å²) in [5.74, 6) is -0.342. The first-order valence-electron chi connectivity index (χ1n) is 5.45. The highest BCUT2D eigenvalue weighted by atomic mass is 32.2. The zero-order chi connectivity index (χ0) is 14.8. The van der Waals surface area contributed by atoms with Gasteiger partial charge in [-0.25, -0.2) is 8.42 Å². The average molecular weight is 303 g/mol. The minimum Gasteiger partial charge on any atom is -0.433 e. The van der Waals surface area contributed by atoms with Crippen molar-refractivity contribution in [1.29, 1.82) is 0 Å². The normalized spacial score (nSPS) is 11.6. The van der Waals surface area contributed by atoms with Gasteiger partial charge in [-0.2, -0.15) is 13.9 Å². The molecule has 0 spiro atoms. The highest BCUT2D eigenvalue weighted by Gasteiger charge is 2.22. The Bertz CT molecular complexity index is 700.